The predicted octanol–water partition coefficient (Wildman–Crippen LogP) is -1.31. The van der Waals surface area contributed by atoms with E-state index in [0.29, 0.717) is 0 Å². The van der Waals surface area contributed by atoms with Crippen molar-refractivity contribution in [3.05, 3.63) is 30.3 Å². The monoisotopic (exact) mass is 319 g/mol. The van der Waals surface area contributed by atoms with Crippen molar-refractivity contribution in [2.75, 3.05) is 0 Å². The van der Waals surface area contributed by atoms with Gasteiger partial charge in [0.1, 0.15) is 0 Å². The first-order chi connectivity index (χ1) is 6.02. The normalized spacial score (nSPS) is 12.2. The summed E-state index contributed by atoms with van der Waals surface area (Å²) in [5, 5.41) is 0. The first kappa shape index (κ1) is 10.8. The Balaban J connectivity index is 2.96. The van der Waals surface area contributed by atoms with Crippen LogP contribution in [0, 0.1) is 0 Å². The Kier molecular flexibility index (Phi) is 3.60. The Hall–Kier alpha value is -0.240. The molecule has 0 saturated heterocycles. The van der Waals surface area contributed by atoms with E-state index < -0.39 is 31.3 Å². The standard InChI is InChI=1S/C7H6F2IO2S/c8-7(9)10-13(11,12)6-4-2-1-3-5-6/h1-5,7H/q-1. The summed E-state index contributed by atoms with van der Waals surface area (Å²) in [6.07, 6.45) is 0. The molecule has 1 rings (SSSR count). The molecule has 0 N–H and O–H groups in total. The maximum atomic E-state index is 11.9. The molecular weight excluding hydrogens is 313 g/mol. The summed E-state index contributed by atoms with van der Waals surface area (Å²) in [5.74, 6) is 0. The van der Waals surface area contributed by atoms with Crippen LogP contribution in [-0.2, 0) is 7.01 Å². The van der Waals surface area contributed by atoms with Gasteiger partial charge in [0.25, 0.3) is 0 Å². The Morgan fingerprint density at radius 2 is 1.69 bits per heavy atom. The van der Waals surface area contributed by atoms with Gasteiger partial charge in [0.05, 0.1) is 0 Å². The SMILES string of the molecule is O=S(=O)([I-]C(F)F)c1ccccc1. The van der Waals surface area contributed by atoms with Gasteiger partial charge in [-0.2, -0.15) is 0 Å². The minimum absolute atomic E-state index is 0.0110. The van der Waals surface area contributed by atoms with Crippen LogP contribution in [0.25, 0.3) is 0 Å². The van der Waals surface area contributed by atoms with Crippen LogP contribution in [0.15, 0.2) is 35.2 Å². The third-order valence-corrected chi connectivity index (χ3v) is 7.10. The summed E-state index contributed by atoms with van der Waals surface area (Å²) < 4.78 is 43.5. The van der Waals surface area contributed by atoms with E-state index >= 15 is 0 Å². The molecule has 0 heterocycles. The molecule has 74 valence electrons. The molecule has 0 amide bonds. The van der Waals surface area contributed by atoms with Gasteiger partial charge in [0, 0.05) is 0 Å². The second kappa shape index (κ2) is 4.32. The molecular formula is C7H6F2IO2S-. The molecule has 0 saturated carbocycles. The van der Waals surface area contributed by atoms with Gasteiger partial charge in [-0.1, -0.05) is 0 Å². The molecule has 0 radical (unpaired) electrons. The molecule has 1 aromatic carbocycles. The van der Waals surface area contributed by atoms with Crippen LogP contribution in [0.1, 0.15) is 0 Å². The van der Waals surface area contributed by atoms with E-state index in [-0.39, 0.29) is 4.90 Å². The van der Waals surface area contributed by atoms with Gasteiger partial charge in [-0.3, -0.25) is 0 Å². The average Bonchev–Trinajstić information content (AvgIpc) is 2.04. The number of hydrogen-bond acceptors (Lipinski definition) is 2. The van der Waals surface area contributed by atoms with Gasteiger partial charge in [-0.25, -0.2) is 0 Å². The van der Waals surface area contributed by atoms with Crippen LogP contribution in [0.4, 0.5) is 8.78 Å². The summed E-state index contributed by atoms with van der Waals surface area (Å²) >= 11 is -2.12. The molecule has 6 heteroatoms. The third kappa shape index (κ3) is 3.18. The zero-order valence-electron chi connectivity index (χ0n) is 6.32. The molecule has 0 atom stereocenters. The fraction of sp³-hybridized carbons (Fsp3) is 0.143. The van der Waals surface area contributed by atoms with E-state index in [1.807, 2.05) is 0 Å². The predicted molar refractivity (Wildman–Crippen MR) is 39.6 cm³/mol. The second-order valence-corrected chi connectivity index (χ2v) is 9.56. The Morgan fingerprint density at radius 3 is 2.15 bits per heavy atom. The zero-order chi connectivity index (χ0) is 9.90. The molecule has 2 nitrogen and oxygen atoms in total. The van der Waals surface area contributed by atoms with Gasteiger partial charge in [0.15, 0.2) is 0 Å². The average molecular weight is 319 g/mol. The summed E-state index contributed by atoms with van der Waals surface area (Å²) in [6.45, 7) is 0. The van der Waals surface area contributed by atoms with Gasteiger partial charge in [0.2, 0.25) is 0 Å². The topological polar surface area (TPSA) is 34.1 Å². The van der Waals surface area contributed by atoms with Crippen molar-refractivity contribution in [1.82, 2.24) is 0 Å². The summed E-state index contributed by atoms with van der Waals surface area (Å²) in [5.41, 5.74) is 0. The molecule has 0 spiro atoms. The van der Waals surface area contributed by atoms with Crippen LogP contribution in [0.3, 0.4) is 0 Å². The quantitative estimate of drug-likeness (QED) is 0.394. The van der Waals surface area contributed by atoms with Gasteiger partial charge in [-0.05, 0) is 0 Å². The van der Waals surface area contributed by atoms with Gasteiger partial charge in [-0.15, -0.1) is 0 Å². The molecule has 0 aliphatic carbocycles. The van der Waals surface area contributed by atoms with Crippen molar-refractivity contribution in [3.63, 3.8) is 0 Å². The Labute approximate surface area is 83.6 Å². The van der Waals surface area contributed by atoms with Crippen LogP contribution in [-0.4, -0.2) is 12.8 Å². The van der Waals surface area contributed by atoms with Crippen molar-refractivity contribution >= 4 is 7.01 Å². The number of alkyl halides is 3. The van der Waals surface area contributed by atoms with E-state index in [0.717, 1.165) is 0 Å². The minimum atomic E-state index is -3.70. The molecule has 0 aromatic heterocycles. The van der Waals surface area contributed by atoms with Crippen molar-refractivity contribution in [2.45, 2.75) is 9.33 Å². The number of rotatable bonds is 3. The number of benzene rings is 1. The zero-order valence-corrected chi connectivity index (χ0v) is 9.30. The van der Waals surface area contributed by atoms with E-state index in [2.05, 4.69) is 0 Å². The molecule has 0 unspecified atom stereocenters. The summed E-state index contributed by atoms with van der Waals surface area (Å²) in [4.78, 5) is -0.0110. The molecule has 13 heavy (non-hydrogen) atoms. The van der Waals surface area contributed by atoms with E-state index in [9.17, 15) is 17.2 Å². The fourth-order valence-corrected chi connectivity index (χ4v) is 4.77. The second-order valence-electron chi connectivity index (χ2n) is 2.09. The summed E-state index contributed by atoms with van der Waals surface area (Å²) in [6, 6.07) is 7.33. The van der Waals surface area contributed by atoms with Crippen molar-refractivity contribution in [3.8, 4) is 0 Å². The van der Waals surface area contributed by atoms with Gasteiger partial charge >= 0.3 is 83.7 Å². The van der Waals surface area contributed by atoms with Crippen LogP contribution in [0.5, 0.6) is 0 Å². The molecule has 0 fully saturated rings. The van der Waals surface area contributed by atoms with Gasteiger partial charge < -0.3 is 0 Å². The number of hydrogen-bond donors (Lipinski definition) is 0. The number of halogens is 3. The molecule has 0 bridgehead atoms. The van der Waals surface area contributed by atoms with Crippen molar-refractivity contribution in [1.29, 1.82) is 0 Å². The van der Waals surface area contributed by atoms with E-state index in [1.165, 1.54) is 24.3 Å². The first-order valence-corrected chi connectivity index (χ1v) is 8.53. The first-order valence-electron chi connectivity index (χ1n) is 3.26. The third-order valence-electron chi connectivity index (χ3n) is 1.21. The van der Waals surface area contributed by atoms with Crippen molar-refractivity contribution in [2.24, 2.45) is 0 Å². The molecule has 1 aromatic rings. The van der Waals surface area contributed by atoms with E-state index in [1.54, 1.807) is 6.07 Å². The maximum absolute atomic E-state index is 11.9. The fourth-order valence-electron chi connectivity index (χ4n) is 0.723. The van der Waals surface area contributed by atoms with Crippen LogP contribution < -0.4 is 19.8 Å². The summed E-state index contributed by atoms with van der Waals surface area (Å²) in [7, 11) is -3.70. The van der Waals surface area contributed by atoms with Crippen LogP contribution >= 0.6 is 0 Å². The van der Waals surface area contributed by atoms with Crippen molar-refractivity contribution < 1.29 is 37.0 Å². The molecule has 0 aliphatic rings. The van der Waals surface area contributed by atoms with E-state index in [4.69, 9.17) is 0 Å². The Morgan fingerprint density at radius 1 is 1.15 bits per heavy atom. The Bertz CT molecular complexity index is 363. The molecule has 0 aliphatic heterocycles. The van der Waals surface area contributed by atoms with Crippen LogP contribution in [0.2, 0.25) is 0 Å².